The second kappa shape index (κ2) is 7.75. The van der Waals surface area contributed by atoms with Crippen molar-refractivity contribution in [3.05, 3.63) is 58.4 Å². The van der Waals surface area contributed by atoms with E-state index in [0.29, 0.717) is 6.42 Å². The molecule has 2 unspecified atom stereocenters. The van der Waals surface area contributed by atoms with Crippen LogP contribution in [-0.2, 0) is 20.0 Å². The molecule has 2 aromatic rings. The Hall–Kier alpha value is -1.68. The molecule has 2 heterocycles. The molecule has 1 saturated heterocycles. The molecule has 0 amide bonds. The van der Waals surface area contributed by atoms with Crippen molar-refractivity contribution >= 4 is 7.60 Å². The smallest absolute Gasteiger partial charge is 0.338 e. The van der Waals surface area contributed by atoms with Gasteiger partial charge in [-0.25, -0.2) is 0 Å². The van der Waals surface area contributed by atoms with E-state index in [0.717, 1.165) is 34.5 Å². The molecule has 0 bridgehead atoms. The molecule has 0 radical (unpaired) electrons. The summed E-state index contributed by atoms with van der Waals surface area (Å²) in [5.41, 5.74) is 4.34. The molecule has 1 aromatic carbocycles. The van der Waals surface area contributed by atoms with E-state index in [4.69, 9.17) is 9.05 Å². The summed E-state index contributed by atoms with van der Waals surface area (Å²) < 4.78 is 25.3. The molecule has 1 N–H and O–H groups in total. The summed E-state index contributed by atoms with van der Waals surface area (Å²) in [5, 5.41) is 9.87. The third kappa shape index (κ3) is 4.26. The molecule has 0 aliphatic carbocycles. The average molecular weight is 389 g/mol. The van der Waals surface area contributed by atoms with Crippen LogP contribution in [0.25, 0.3) is 0 Å². The van der Waals surface area contributed by atoms with Gasteiger partial charge >= 0.3 is 7.60 Å². The van der Waals surface area contributed by atoms with Crippen molar-refractivity contribution in [2.75, 3.05) is 0 Å². The summed E-state index contributed by atoms with van der Waals surface area (Å²) in [6.07, 6.45) is 0.925. The first-order valence-corrected chi connectivity index (χ1v) is 11.0. The minimum absolute atomic E-state index is 0.209. The first-order valence-electron chi connectivity index (χ1n) is 9.39. The predicted octanol–water partition coefficient (Wildman–Crippen LogP) is 5.40. The number of rotatable bonds is 5. The molecule has 6 heteroatoms. The molecule has 0 spiro atoms. The Morgan fingerprint density at radius 3 is 2.37 bits per heavy atom. The lowest BCUT2D eigenvalue weighted by Crippen LogP contribution is -2.13. The maximum Gasteiger partial charge on any atom is 0.338 e. The van der Waals surface area contributed by atoms with Gasteiger partial charge in [0.2, 0.25) is 0 Å². The first-order chi connectivity index (χ1) is 12.7. The summed E-state index contributed by atoms with van der Waals surface area (Å²) >= 11 is 0. The van der Waals surface area contributed by atoms with Crippen LogP contribution in [0.1, 0.15) is 54.0 Å². The highest BCUT2D eigenvalue weighted by atomic mass is 31.2. The standard InChI is InChI=1S/C21H28NO4P/c1-13-12-19(8-10-20(13)23)21(27(24)25-16(4)17(5)26-27)11-9-18-7-6-14(2)22-15(18)3/h6-8,10,12,16-17,21,23H,9,11H2,1-5H3/t16-,17+,21?,27?. The van der Waals surface area contributed by atoms with Crippen molar-refractivity contribution in [1.82, 2.24) is 4.98 Å². The van der Waals surface area contributed by atoms with Crippen LogP contribution in [0.3, 0.4) is 0 Å². The SMILES string of the molecule is Cc1ccc(CCC(c2ccc(O)c(C)c2)P2(=O)O[C@@H](C)[C@@H](C)O2)c(C)n1. The number of aryl methyl sites for hydroxylation is 4. The van der Waals surface area contributed by atoms with Crippen molar-refractivity contribution < 1.29 is 18.7 Å². The number of phenolic OH excluding ortho intramolecular Hbond substituents is 1. The van der Waals surface area contributed by atoms with Crippen molar-refractivity contribution in [2.45, 2.75) is 65.3 Å². The van der Waals surface area contributed by atoms with E-state index >= 15 is 0 Å². The van der Waals surface area contributed by atoms with Crippen molar-refractivity contribution in [3.8, 4) is 5.75 Å². The van der Waals surface area contributed by atoms with E-state index in [1.54, 1.807) is 6.07 Å². The normalized spacial score (nSPS) is 26.3. The number of benzene rings is 1. The molecule has 0 saturated carbocycles. The van der Waals surface area contributed by atoms with Crippen LogP contribution in [0.15, 0.2) is 30.3 Å². The van der Waals surface area contributed by atoms with Crippen molar-refractivity contribution in [1.29, 1.82) is 0 Å². The Labute approximate surface area is 161 Å². The molecule has 4 atom stereocenters. The number of hydrogen-bond donors (Lipinski definition) is 1. The van der Waals surface area contributed by atoms with Gasteiger partial charge in [0, 0.05) is 11.4 Å². The monoisotopic (exact) mass is 389 g/mol. The molecule has 1 aliphatic rings. The second-order valence-electron chi connectivity index (χ2n) is 7.46. The van der Waals surface area contributed by atoms with Gasteiger partial charge in [-0.2, -0.15) is 0 Å². The lowest BCUT2D eigenvalue weighted by Gasteiger charge is -2.23. The summed E-state index contributed by atoms with van der Waals surface area (Å²) in [6.45, 7) is 9.58. The Kier molecular flexibility index (Phi) is 5.76. The lowest BCUT2D eigenvalue weighted by molar-refractivity contribution is 0.187. The minimum atomic E-state index is -3.31. The van der Waals surface area contributed by atoms with Crippen LogP contribution in [0.4, 0.5) is 0 Å². The molecule has 1 fully saturated rings. The largest absolute Gasteiger partial charge is 0.508 e. The van der Waals surface area contributed by atoms with Gasteiger partial charge < -0.3 is 14.2 Å². The van der Waals surface area contributed by atoms with Crippen LogP contribution in [0.5, 0.6) is 5.75 Å². The van der Waals surface area contributed by atoms with E-state index in [1.165, 1.54) is 0 Å². The van der Waals surface area contributed by atoms with Crippen molar-refractivity contribution in [2.24, 2.45) is 0 Å². The van der Waals surface area contributed by atoms with Crippen molar-refractivity contribution in [3.63, 3.8) is 0 Å². The fraction of sp³-hybridized carbons (Fsp3) is 0.476. The van der Waals surface area contributed by atoms with E-state index in [9.17, 15) is 9.67 Å². The van der Waals surface area contributed by atoms with E-state index < -0.39 is 7.60 Å². The third-order valence-corrected chi connectivity index (χ3v) is 7.87. The molecule has 5 nitrogen and oxygen atoms in total. The van der Waals surface area contributed by atoms with Gasteiger partial charge in [-0.3, -0.25) is 9.55 Å². The zero-order valence-electron chi connectivity index (χ0n) is 16.6. The summed E-state index contributed by atoms with van der Waals surface area (Å²) in [5.74, 6) is 0.226. The van der Waals surface area contributed by atoms with Gasteiger partial charge in [0.1, 0.15) is 5.75 Å². The molecule has 1 aromatic heterocycles. The molecular formula is C21H28NO4P. The lowest BCUT2D eigenvalue weighted by atomic mass is 10.0. The van der Waals surface area contributed by atoms with Gasteiger partial charge in [-0.1, -0.05) is 18.2 Å². The summed E-state index contributed by atoms with van der Waals surface area (Å²) in [6, 6.07) is 9.41. The predicted molar refractivity (Wildman–Crippen MR) is 106 cm³/mol. The second-order valence-corrected chi connectivity index (χ2v) is 9.58. The Balaban J connectivity index is 1.92. The molecular weight excluding hydrogens is 361 g/mol. The Morgan fingerprint density at radius 2 is 1.78 bits per heavy atom. The highest BCUT2D eigenvalue weighted by Crippen LogP contribution is 2.67. The highest BCUT2D eigenvalue weighted by Gasteiger charge is 2.46. The molecule has 27 heavy (non-hydrogen) atoms. The van der Waals surface area contributed by atoms with Gasteiger partial charge in [-0.15, -0.1) is 0 Å². The average Bonchev–Trinajstić information content (AvgIpc) is 2.85. The van der Waals surface area contributed by atoms with Crippen LogP contribution >= 0.6 is 7.60 Å². The number of aromatic nitrogens is 1. The van der Waals surface area contributed by atoms with E-state index in [-0.39, 0.29) is 23.6 Å². The van der Waals surface area contributed by atoms with Gasteiger partial charge in [0.15, 0.2) is 0 Å². The number of aromatic hydroxyl groups is 1. The molecule has 146 valence electrons. The zero-order chi connectivity index (χ0) is 19.8. The fourth-order valence-corrected chi connectivity index (χ4v) is 6.06. The van der Waals surface area contributed by atoms with Gasteiger partial charge in [0.25, 0.3) is 0 Å². The maximum atomic E-state index is 13.6. The van der Waals surface area contributed by atoms with Crippen LogP contribution < -0.4 is 0 Å². The van der Waals surface area contributed by atoms with Crippen LogP contribution in [-0.4, -0.2) is 22.3 Å². The van der Waals surface area contributed by atoms with Crippen LogP contribution in [0.2, 0.25) is 0 Å². The minimum Gasteiger partial charge on any atom is -0.508 e. The molecule has 1 aliphatic heterocycles. The molecule has 3 rings (SSSR count). The maximum absolute atomic E-state index is 13.6. The highest BCUT2D eigenvalue weighted by molar-refractivity contribution is 7.54. The topological polar surface area (TPSA) is 68.7 Å². The summed E-state index contributed by atoms with van der Waals surface area (Å²) in [4.78, 5) is 4.52. The number of pyridine rings is 1. The van der Waals surface area contributed by atoms with Gasteiger partial charge in [-0.05, 0) is 76.3 Å². The van der Waals surface area contributed by atoms with E-state index in [1.807, 2.05) is 52.8 Å². The summed E-state index contributed by atoms with van der Waals surface area (Å²) in [7, 11) is -3.31. The number of phenols is 1. The number of hydrogen-bond acceptors (Lipinski definition) is 5. The van der Waals surface area contributed by atoms with Gasteiger partial charge in [0.05, 0.1) is 17.9 Å². The zero-order valence-corrected chi connectivity index (χ0v) is 17.5. The Morgan fingerprint density at radius 1 is 1.11 bits per heavy atom. The van der Waals surface area contributed by atoms with Crippen LogP contribution in [0, 0.1) is 20.8 Å². The number of nitrogens with zero attached hydrogens (tertiary/aromatic N) is 1. The quantitative estimate of drug-likeness (QED) is 0.693. The fourth-order valence-electron chi connectivity index (χ4n) is 3.47. The third-order valence-electron chi connectivity index (χ3n) is 5.30. The Bertz CT molecular complexity index is 868. The first kappa shape index (κ1) is 20.1. The van der Waals surface area contributed by atoms with E-state index in [2.05, 4.69) is 11.1 Å².